The van der Waals surface area contributed by atoms with Crippen molar-refractivity contribution in [2.24, 2.45) is 0 Å². The molecule has 2 N–H and O–H groups in total. The van der Waals surface area contributed by atoms with Crippen LogP contribution in [0.5, 0.6) is 0 Å². The Bertz CT molecular complexity index is 147. The normalized spacial score (nSPS) is 10.6. The maximum Gasteiger partial charge on any atom is 0.147 e. The van der Waals surface area contributed by atoms with E-state index in [0.29, 0.717) is 33.2 Å². The van der Waals surface area contributed by atoms with Gasteiger partial charge in [-0.3, -0.25) is 0 Å². The highest BCUT2D eigenvalue weighted by Crippen LogP contribution is 1.86. The Morgan fingerprint density at radius 3 is 2.25 bits per heavy atom. The smallest absolute Gasteiger partial charge is 0.147 e. The largest absolute Gasteiger partial charge is 0.355 e. The highest BCUT2D eigenvalue weighted by molar-refractivity contribution is 5.53. The molecule has 0 atom stereocenters. The minimum absolute atomic E-state index is 0.230. The average Bonchev–Trinajstić information content (AvgIpc) is 2.31. The summed E-state index contributed by atoms with van der Waals surface area (Å²) >= 11 is 0. The van der Waals surface area contributed by atoms with Crippen LogP contribution in [0.15, 0.2) is 0 Å². The summed E-state index contributed by atoms with van der Waals surface area (Å²) in [7, 11) is 1.88. The fourth-order valence-electron chi connectivity index (χ4n) is 0.839. The molecule has 0 aromatic rings. The van der Waals surface area contributed by atoms with Gasteiger partial charge < -0.3 is 29.7 Å². The Balaban J connectivity index is 2.85. The molecule has 0 aromatic heterocycles. The number of rotatable bonds is 13. The first kappa shape index (κ1) is 15.5. The summed E-state index contributed by atoms with van der Waals surface area (Å²) in [5.41, 5.74) is 0. The number of ether oxygens (including phenoxy) is 4. The molecule has 0 radical (unpaired) electrons. The molecule has 6 heteroatoms. The number of hydrogen-bond acceptors (Lipinski definition) is 6. The predicted octanol–water partition coefficient (Wildman–Crippen LogP) is 0.227. The van der Waals surface area contributed by atoms with E-state index in [2.05, 4.69) is 5.32 Å². The molecule has 0 aromatic carbocycles. The van der Waals surface area contributed by atoms with Crippen molar-refractivity contribution >= 4 is 6.21 Å². The molecule has 0 aliphatic rings. The summed E-state index contributed by atoms with van der Waals surface area (Å²) in [5.74, 6) is 0. The SMILES string of the molecule is CNCCOCOCCCOCOCC=N. The van der Waals surface area contributed by atoms with Crippen molar-refractivity contribution in [1.29, 1.82) is 5.41 Å². The van der Waals surface area contributed by atoms with Crippen LogP contribution in [-0.4, -0.2) is 59.8 Å². The molecule has 96 valence electrons. The molecule has 16 heavy (non-hydrogen) atoms. The molecule has 0 aliphatic carbocycles. The van der Waals surface area contributed by atoms with Gasteiger partial charge in [-0.15, -0.1) is 0 Å². The summed E-state index contributed by atoms with van der Waals surface area (Å²) in [4.78, 5) is 0. The van der Waals surface area contributed by atoms with Crippen LogP contribution in [0.1, 0.15) is 6.42 Å². The number of nitrogens with one attached hydrogen (secondary N) is 2. The molecular formula is C10H22N2O4. The molecule has 0 saturated carbocycles. The molecule has 0 fully saturated rings. The third-order valence-corrected chi connectivity index (χ3v) is 1.61. The second-order valence-corrected chi connectivity index (χ2v) is 2.99. The highest BCUT2D eigenvalue weighted by Gasteiger charge is 1.91. The molecule has 0 bridgehead atoms. The van der Waals surface area contributed by atoms with Gasteiger partial charge in [0.05, 0.1) is 26.4 Å². The van der Waals surface area contributed by atoms with Gasteiger partial charge in [0.25, 0.3) is 0 Å². The van der Waals surface area contributed by atoms with Crippen molar-refractivity contribution in [3.05, 3.63) is 0 Å². The lowest BCUT2D eigenvalue weighted by atomic mass is 10.5. The van der Waals surface area contributed by atoms with E-state index < -0.39 is 0 Å². The van der Waals surface area contributed by atoms with Gasteiger partial charge in [0.2, 0.25) is 0 Å². The molecule has 0 saturated heterocycles. The average molecular weight is 234 g/mol. The molecule has 0 unspecified atom stereocenters. The first-order valence-electron chi connectivity index (χ1n) is 5.36. The number of hydrogen-bond donors (Lipinski definition) is 2. The van der Waals surface area contributed by atoms with Gasteiger partial charge in [0, 0.05) is 12.8 Å². The van der Waals surface area contributed by atoms with Gasteiger partial charge in [-0.2, -0.15) is 0 Å². The summed E-state index contributed by atoms with van der Waals surface area (Å²) in [6, 6.07) is 0. The summed E-state index contributed by atoms with van der Waals surface area (Å²) < 4.78 is 20.4. The minimum Gasteiger partial charge on any atom is -0.355 e. The van der Waals surface area contributed by atoms with E-state index in [1.165, 1.54) is 6.21 Å². The van der Waals surface area contributed by atoms with Gasteiger partial charge in [-0.05, 0) is 13.5 Å². The van der Waals surface area contributed by atoms with E-state index in [1.807, 2.05) is 7.05 Å². The minimum atomic E-state index is 0.230. The second-order valence-electron chi connectivity index (χ2n) is 2.99. The van der Waals surface area contributed by atoms with Crippen molar-refractivity contribution in [3.8, 4) is 0 Å². The first-order valence-corrected chi connectivity index (χ1v) is 5.36. The lowest BCUT2D eigenvalue weighted by Gasteiger charge is -2.06. The fourth-order valence-corrected chi connectivity index (χ4v) is 0.839. The van der Waals surface area contributed by atoms with Crippen molar-refractivity contribution in [3.63, 3.8) is 0 Å². The number of likely N-dealkylation sites (N-methyl/N-ethyl adjacent to an activating group) is 1. The lowest BCUT2D eigenvalue weighted by molar-refractivity contribution is -0.0704. The molecule has 0 amide bonds. The quantitative estimate of drug-likeness (QED) is 0.271. The zero-order chi connectivity index (χ0) is 11.9. The van der Waals surface area contributed by atoms with Crippen LogP contribution < -0.4 is 5.32 Å². The Morgan fingerprint density at radius 2 is 1.62 bits per heavy atom. The molecule has 0 heterocycles. The fraction of sp³-hybridized carbons (Fsp3) is 0.900. The molecule has 0 rings (SSSR count). The predicted molar refractivity (Wildman–Crippen MR) is 60.9 cm³/mol. The van der Waals surface area contributed by atoms with Gasteiger partial charge in [-0.1, -0.05) is 0 Å². The summed E-state index contributed by atoms with van der Waals surface area (Å²) in [6.45, 7) is 3.55. The van der Waals surface area contributed by atoms with Crippen molar-refractivity contribution in [2.75, 3.05) is 53.6 Å². The van der Waals surface area contributed by atoms with E-state index in [9.17, 15) is 0 Å². The Kier molecular flexibility index (Phi) is 14.0. The molecule has 0 spiro atoms. The van der Waals surface area contributed by atoms with Crippen LogP contribution in [-0.2, 0) is 18.9 Å². The van der Waals surface area contributed by atoms with Crippen molar-refractivity contribution in [1.82, 2.24) is 5.32 Å². The van der Waals surface area contributed by atoms with Crippen LogP contribution in [0.2, 0.25) is 0 Å². The zero-order valence-electron chi connectivity index (χ0n) is 9.87. The molecular weight excluding hydrogens is 212 g/mol. The molecule has 6 nitrogen and oxygen atoms in total. The van der Waals surface area contributed by atoms with Crippen LogP contribution in [0.4, 0.5) is 0 Å². The first-order chi connectivity index (χ1) is 7.91. The lowest BCUT2D eigenvalue weighted by Crippen LogP contribution is -2.15. The van der Waals surface area contributed by atoms with Crippen LogP contribution >= 0.6 is 0 Å². The van der Waals surface area contributed by atoms with Crippen LogP contribution in [0.3, 0.4) is 0 Å². The summed E-state index contributed by atoms with van der Waals surface area (Å²) in [6.07, 6.45) is 2.00. The highest BCUT2D eigenvalue weighted by atomic mass is 16.7. The Labute approximate surface area is 96.7 Å². The van der Waals surface area contributed by atoms with Crippen molar-refractivity contribution < 1.29 is 18.9 Å². The Hall–Kier alpha value is -0.530. The summed E-state index contributed by atoms with van der Waals surface area (Å²) in [5, 5.41) is 9.67. The van der Waals surface area contributed by atoms with E-state index in [0.717, 1.165) is 13.0 Å². The van der Waals surface area contributed by atoms with Crippen molar-refractivity contribution in [2.45, 2.75) is 6.42 Å². The van der Waals surface area contributed by atoms with Crippen LogP contribution in [0.25, 0.3) is 0 Å². The van der Waals surface area contributed by atoms with Gasteiger partial charge in [0.1, 0.15) is 13.6 Å². The van der Waals surface area contributed by atoms with E-state index in [1.54, 1.807) is 0 Å². The monoisotopic (exact) mass is 234 g/mol. The van der Waals surface area contributed by atoms with Gasteiger partial charge in [0.15, 0.2) is 0 Å². The maximum atomic E-state index is 6.70. The van der Waals surface area contributed by atoms with E-state index in [4.69, 9.17) is 24.4 Å². The third kappa shape index (κ3) is 13.5. The Morgan fingerprint density at radius 1 is 1.00 bits per heavy atom. The standard InChI is InChI=1S/C10H22N2O4/c1-12-4-8-16-10-14-6-2-5-13-9-15-7-3-11/h3,11-12H,2,4-10H2,1H3. The second kappa shape index (κ2) is 14.5. The van der Waals surface area contributed by atoms with E-state index >= 15 is 0 Å². The van der Waals surface area contributed by atoms with E-state index in [-0.39, 0.29) is 6.79 Å². The topological polar surface area (TPSA) is 72.8 Å². The van der Waals surface area contributed by atoms with Gasteiger partial charge >= 0.3 is 0 Å². The van der Waals surface area contributed by atoms with Gasteiger partial charge in [-0.25, -0.2) is 0 Å². The molecule has 0 aliphatic heterocycles. The third-order valence-electron chi connectivity index (χ3n) is 1.61. The zero-order valence-corrected chi connectivity index (χ0v) is 9.87. The maximum absolute atomic E-state index is 6.70. The van der Waals surface area contributed by atoms with Crippen LogP contribution in [0, 0.1) is 5.41 Å².